The Morgan fingerprint density at radius 1 is 1.07 bits per heavy atom. The molecule has 0 unspecified atom stereocenters. The predicted molar refractivity (Wildman–Crippen MR) is 99.3 cm³/mol. The van der Waals surface area contributed by atoms with Crippen molar-refractivity contribution >= 4 is 17.6 Å². The maximum absolute atomic E-state index is 13.1. The van der Waals surface area contributed by atoms with Gasteiger partial charge in [0.05, 0.1) is 11.3 Å². The van der Waals surface area contributed by atoms with Crippen molar-refractivity contribution in [3.8, 4) is 11.5 Å². The third-order valence-corrected chi connectivity index (χ3v) is 4.61. The predicted octanol–water partition coefficient (Wildman–Crippen LogP) is 6.22. The molecule has 0 spiro atoms. The smallest absolute Gasteiger partial charge is 0.418 e. The molecule has 0 aliphatic carbocycles. The zero-order valence-corrected chi connectivity index (χ0v) is 15.4. The fraction of sp³-hybridized carbons (Fsp3) is 0.263. The summed E-state index contributed by atoms with van der Waals surface area (Å²) in [4.78, 5) is 0.734. The van der Waals surface area contributed by atoms with Gasteiger partial charge in [-0.05, 0) is 48.7 Å². The number of rotatable bonds is 7. The topological polar surface area (TPSA) is 51.0 Å². The summed E-state index contributed by atoms with van der Waals surface area (Å²) in [6, 6.07) is 12.6. The van der Waals surface area contributed by atoms with Crippen molar-refractivity contribution in [2.75, 3.05) is 4.72 Å². The summed E-state index contributed by atoms with van der Waals surface area (Å²) in [6.07, 6.45) is -1.67. The van der Waals surface area contributed by atoms with E-state index in [1.54, 1.807) is 24.3 Å². The van der Waals surface area contributed by atoms with Crippen LogP contribution in [0.25, 0.3) is 11.5 Å². The van der Waals surface area contributed by atoms with E-state index in [0.717, 1.165) is 47.7 Å². The van der Waals surface area contributed by atoms with E-state index >= 15 is 0 Å². The largest absolute Gasteiger partial charge is 0.421 e. The van der Waals surface area contributed by atoms with Gasteiger partial charge in [0.25, 0.3) is 0 Å². The van der Waals surface area contributed by atoms with Gasteiger partial charge in [-0.1, -0.05) is 31.5 Å². The normalized spacial score (nSPS) is 11.6. The first-order chi connectivity index (χ1) is 13.0. The van der Waals surface area contributed by atoms with Crippen LogP contribution in [0.1, 0.15) is 31.2 Å². The highest BCUT2D eigenvalue weighted by atomic mass is 32.2. The zero-order chi connectivity index (χ0) is 19.3. The van der Waals surface area contributed by atoms with Crippen LogP contribution in [0.3, 0.4) is 0 Å². The molecule has 0 radical (unpaired) electrons. The van der Waals surface area contributed by atoms with E-state index in [0.29, 0.717) is 11.8 Å². The Morgan fingerprint density at radius 2 is 1.89 bits per heavy atom. The number of alkyl halides is 3. The van der Waals surface area contributed by atoms with Gasteiger partial charge >= 0.3 is 6.18 Å². The summed E-state index contributed by atoms with van der Waals surface area (Å²) >= 11 is 1.09. The summed E-state index contributed by atoms with van der Waals surface area (Å²) in [6.45, 7) is 2.09. The van der Waals surface area contributed by atoms with Crippen molar-refractivity contribution in [3.05, 3.63) is 60.0 Å². The van der Waals surface area contributed by atoms with Crippen LogP contribution in [0.15, 0.2) is 57.8 Å². The van der Waals surface area contributed by atoms with E-state index in [9.17, 15) is 13.2 Å². The van der Waals surface area contributed by atoms with Gasteiger partial charge < -0.3 is 9.14 Å². The highest BCUT2D eigenvalue weighted by Gasteiger charge is 2.33. The van der Waals surface area contributed by atoms with Crippen molar-refractivity contribution in [1.82, 2.24) is 10.2 Å². The molecule has 0 bridgehead atoms. The standard InChI is InChI=1S/C19H18F3N3OS/c1-2-3-11-17-23-24-18(26-17)13-7-6-8-14(12-13)27-25-16-10-5-4-9-15(16)19(20,21)22/h4-10,12,25H,2-3,11H2,1H3. The van der Waals surface area contributed by atoms with Gasteiger partial charge in [-0.2, -0.15) is 13.2 Å². The quantitative estimate of drug-likeness (QED) is 0.483. The van der Waals surface area contributed by atoms with Crippen molar-refractivity contribution in [3.63, 3.8) is 0 Å². The first-order valence-corrected chi connectivity index (χ1v) is 9.31. The van der Waals surface area contributed by atoms with Crippen molar-refractivity contribution < 1.29 is 17.6 Å². The molecule has 0 saturated heterocycles. The Kier molecular flexibility index (Phi) is 6.05. The maximum atomic E-state index is 13.1. The number of aromatic nitrogens is 2. The van der Waals surface area contributed by atoms with Gasteiger partial charge in [0.15, 0.2) is 0 Å². The third kappa shape index (κ3) is 5.03. The first-order valence-electron chi connectivity index (χ1n) is 8.49. The molecule has 1 heterocycles. The lowest BCUT2D eigenvalue weighted by molar-refractivity contribution is -0.136. The van der Waals surface area contributed by atoms with Crippen molar-refractivity contribution in [1.29, 1.82) is 0 Å². The molecule has 1 aromatic heterocycles. The minimum atomic E-state index is -4.41. The number of unbranched alkanes of at least 4 members (excludes halogenated alkanes) is 1. The van der Waals surface area contributed by atoms with Crippen LogP contribution in [0.4, 0.5) is 18.9 Å². The molecule has 0 aliphatic rings. The summed E-state index contributed by atoms with van der Waals surface area (Å²) in [5.41, 5.74) is 0.0346. The highest BCUT2D eigenvalue weighted by Crippen LogP contribution is 2.36. The van der Waals surface area contributed by atoms with E-state index in [-0.39, 0.29) is 5.69 Å². The van der Waals surface area contributed by atoms with Crippen LogP contribution in [0, 0.1) is 0 Å². The summed E-state index contributed by atoms with van der Waals surface area (Å²) in [7, 11) is 0. The van der Waals surface area contributed by atoms with Gasteiger partial charge in [0, 0.05) is 16.9 Å². The van der Waals surface area contributed by atoms with E-state index in [4.69, 9.17) is 4.42 Å². The van der Waals surface area contributed by atoms with E-state index in [1.165, 1.54) is 12.1 Å². The molecule has 4 nitrogen and oxygen atoms in total. The molecule has 142 valence electrons. The summed E-state index contributed by atoms with van der Waals surface area (Å²) < 4.78 is 47.7. The SMILES string of the molecule is CCCCc1nnc(-c2cccc(SNc3ccccc3C(F)(F)F)c2)o1. The third-order valence-electron chi connectivity index (χ3n) is 3.80. The summed E-state index contributed by atoms with van der Waals surface area (Å²) in [5.74, 6) is 0.987. The molecular weight excluding hydrogens is 375 g/mol. The Hall–Kier alpha value is -2.48. The molecule has 1 N–H and O–H groups in total. The van der Waals surface area contributed by atoms with E-state index in [1.807, 2.05) is 6.07 Å². The number of para-hydroxylation sites is 1. The second kappa shape index (κ2) is 8.47. The first kappa shape index (κ1) is 19.3. The average molecular weight is 393 g/mol. The van der Waals surface area contributed by atoms with E-state index < -0.39 is 11.7 Å². The number of halogens is 3. The van der Waals surface area contributed by atoms with Gasteiger partial charge in [-0.15, -0.1) is 10.2 Å². The molecular formula is C19H18F3N3OS. The number of aryl methyl sites for hydroxylation is 1. The van der Waals surface area contributed by atoms with Crippen molar-refractivity contribution in [2.24, 2.45) is 0 Å². The Labute approximate surface area is 159 Å². The van der Waals surface area contributed by atoms with E-state index in [2.05, 4.69) is 21.8 Å². The minimum Gasteiger partial charge on any atom is -0.421 e. The second-order valence-electron chi connectivity index (χ2n) is 5.88. The fourth-order valence-electron chi connectivity index (χ4n) is 2.43. The lowest BCUT2D eigenvalue weighted by Gasteiger charge is -2.13. The Balaban J connectivity index is 1.73. The number of nitrogens with one attached hydrogen (secondary N) is 1. The molecule has 27 heavy (non-hydrogen) atoms. The minimum absolute atomic E-state index is 0.0139. The maximum Gasteiger partial charge on any atom is 0.418 e. The molecule has 0 saturated carbocycles. The summed E-state index contributed by atoms with van der Waals surface area (Å²) in [5, 5.41) is 8.08. The average Bonchev–Trinajstić information content (AvgIpc) is 3.13. The van der Waals surface area contributed by atoms with Crippen LogP contribution in [0.5, 0.6) is 0 Å². The number of benzene rings is 2. The lowest BCUT2D eigenvalue weighted by Crippen LogP contribution is -2.07. The Morgan fingerprint density at radius 3 is 2.67 bits per heavy atom. The van der Waals surface area contributed by atoms with Gasteiger partial charge in [0.1, 0.15) is 0 Å². The monoisotopic (exact) mass is 393 g/mol. The molecule has 3 aromatic rings. The molecule has 0 atom stereocenters. The Bertz CT molecular complexity index is 896. The number of hydrogen-bond acceptors (Lipinski definition) is 5. The molecule has 0 amide bonds. The number of hydrogen-bond donors (Lipinski definition) is 1. The number of nitrogens with zero attached hydrogens (tertiary/aromatic N) is 2. The van der Waals surface area contributed by atoms with Crippen LogP contribution in [0.2, 0.25) is 0 Å². The van der Waals surface area contributed by atoms with Gasteiger partial charge in [-0.3, -0.25) is 0 Å². The van der Waals surface area contributed by atoms with Crippen LogP contribution in [-0.4, -0.2) is 10.2 Å². The van der Waals surface area contributed by atoms with Crippen molar-refractivity contribution in [2.45, 2.75) is 37.3 Å². The molecule has 2 aromatic carbocycles. The zero-order valence-electron chi connectivity index (χ0n) is 14.6. The molecule has 0 aliphatic heterocycles. The van der Waals surface area contributed by atoms with Crippen LogP contribution in [-0.2, 0) is 12.6 Å². The molecule has 3 rings (SSSR count). The second-order valence-corrected chi connectivity index (χ2v) is 6.76. The number of anilines is 1. The lowest BCUT2D eigenvalue weighted by atomic mass is 10.2. The highest BCUT2D eigenvalue weighted by molar-refractivity contribution is 8.00. The van der Waals surface area contributed by atoms with Crippen LogP contribution >= 0.6 is 11.9 Å². The van der Waals surface area contributed by atoms with Gasteiger partial charge in [-0.25, -0.2) is 0 Å². The molecule has 0 fully saturated rings. The molecule has 8 heteroatoms. The van der Waals surface area contributed by atoms with Crippen LogP contribution < -0.4 is 4.72 Å². The fourth-order valence-corrected chi connectivity index (χ4v) is 3.16. The van der Waals surface area contributed by atoms with Gasteiger partial charge in [0.2, 0.25) is 11.8 Å².